The number of rotatable bonds is 8. The van der Waals surface area contributed by atoms with E-state index in [0.717, 1.165) is 30.8 Å². The van der Waals surface area contributed by atoms with Crippen molar-refractivity contribution in [1.29, 1.82) is 0 Å². The van der Waals surface area contributed by atoms with Crippen LogP contribution in [0.1, 0.15) is 18.9 Å². The minimum absolute atomic E-state index is 0.139. The van der Waals surface area contributed by atoms with Crippen LogP contribution in [0.4, 0.5) is 14.5 Å². The first-order chi connectivity index (χ1) is 14.6. The van der Waals surface area contributed by atoms with Crippen LogP contribution >= 0.6 is 0 Å². The van der Waals surface area contributed by atoms with Crippen LogP contribution in [0.25, 0.3) is 0 Å². The summed E-state index contributed by atoms with van der Waals surface area (Å²) in [7, 11) is 1.65. The molecule has 0 spiro atoms. The molecule has 1 aliphatic heterocycles. The van der Waals surface area contributed by atoms with Gasteiger partial charge in [0, 0.05) is 31.2 Å². The summed E-state index contributed by atoms with van der Waals surface area (Å²) in [5.74, 6) is 1.72. The molecular weight excluding hydrogens is 390 g/mol. The first-order valence-electron chi connectivity index (χ1n) is 10.1. The van der Waals surface area contributed by atoms with E-state index in [1.165, 1.54) is 0 Å². The molecule has 8 heteroatoms. The van der Waals surface area contributed by atoms with Gasteiger partial charge in [-0.3, -0.25) is 0 Å². The number of nitrogens with zero attached hydrogens (tertiary/aromatic N) is 2. The average molecular weight is 418 g/mol. The van der Waals surface area contributed by atoms with Crippen molar-refractivity contribution in [3.8, 4) is 11.5 Å². The number of anilines is 1. The third kappa shape index (κ3) is 5.75. The minimum Gasteiger partial charge on any atom is -0.496 e. The third-order valence-corrected chi connectivity index (χ3v) is 4.90. The average Bonchev–Trinajstić information content (AvgIpc) is 3.20. The first-order valence-corrected chi connectivity index (χ1v) is 10.1. The standard InChI is InChI=1S/C22H28F2N4O2/c1-3-25-22(26-14-16-8-4-6-10-19(16)29-2)27-17-12-13-28(15-17)18-9-5-7-11-20(18)30-21(23)24/h4-11,17,21H,3,12-15H2,1-2H3,(H2,25,26,27). The van der Waals surface area contributed by atoms with Crippen molar-refractivity contribution in [3.63, 3.8) is 0 Å². The summed E-state index contributed by atoms with van der Waals surface area (Å²) in [6.45, 7) is 1.81. The molecule has 1 fully saturated rings. The summed E-state index contributed by atoms with van der Waals surface area (Å²) in [6, 6.07) is 14.8. The Kier molecular flexibility index (Phi) is 7.70. The number of methoxy groups -OCH3 is 1. The van der Waals surface area contributed by atoms with Gasteiger partial charge < -0.3 is 25.0 Å². The van der Waals surface area contributed by atoms with Crippen LogP contribution in [0.3, 0.4) is 0 Å². The van der Waals surface area contributed by atoms with E-state index in [1.807, 2.05) is 37.3 Å². The maximum Gasteiger partial charge on any atom is 0.387 e. The molecule has 1 saturated heterocycles. The maximum atomic E-state index is 12.7. The van der Waals surface area contributed by atoms with Crippen molar-refractivity contribution in [2.45, 2.75) is 32.5 Å². The number of aliphatic imine (C=N–C) groups is 1. The molecule has 3 rings (SSSR count). The molecule has 2 aromatic carbocycles. The number of ether oxygens (including phenoxy) is 2. The minimum atomic E-state index is -2.84. The lowest BCUT2D eigenvalue weighted by atomic mass is 10.2. The van der Waals surface area contributed by atoms with E-state index in [-0.39, 0.29) is 11.8 Å². The molecule has 0 radical (unpaired) electrons. The van der Waals surface area contributed by atoms with Crippen LogP contribution in [-0.4, -0.2) is 45.4 Å². The molecule has 0 saturated carbocycles. The Morgan fingerprint density at radius 2 is 1.90 bits per heavy atom. The number of nitrogens with one attached hydrogen (secondary N) is 2. The van der Waals surface area contributed by atoms with Crippen LogP contribution < -0.4 is 25.0 Å². The van der Waals surface area contributed by atoms with Gasteiger partial charge in [0.05, 0.1) is 19.3 Å². The molecule has 1 unspecified atom stereocenters. The molecule has 30 heavy (non-hydrogen) atoms. The fraction of sp³-hybridized carbons (Fsp3) is 0.409. The van der Waals surface area contributed by atoms with Crippen molar-refractivity contribution in [3.05, 3.63) is 54.1 Å². The summed E-state index contributed by atoms with van der Waals surface area (Å²) in [6.07, 6.45) is 0.863. The molecule has 1 aliphatic rings. The van der Waals surface area contributed by atoms with Gasteiger partial charge in [0.2, 0.25) is 0 Å². The van der Waals surface area contributed by atoms with E-state index in [1.54, 1.807) is 25.3 Å². The third-order valence-electron chi connectivity index (χ3n) is 4.90. The number of halogens is 2. The largest absolute Gasteiger partial charge is 0.496 e. The highest BCUT2D eigenvalue weighted by Crippen LogP contribution is 2.31. The molecular formula is C22H28F2N4O2. The summed E-state index contributed by atoms with van der Waals surface area (Å²) < 4.78 is 35.5. The molecule has 2 N–H and O–H groups in total. The number of hydrogen-bond acceptors (Lipinski definition) is 4. The van der Waals surface area contributed by atoms with E-state index < -0.39 is 6.61 Å². The Morgan fingerprint density at radius 1 is 1.17 bits per heavy atom. The predicted molar refractivity (Wildman–Crippen MR) is 115 cm³/mol. The Labute approximate surface area is 175 Å². The van der Waals surface area contributed by atoms with Gasteiger partial charge in [-0.15, -0.1) is 0 Å². The number of hydrogen-bond donors (Lipinski definition) is 2. The summed E-state index contributed by atoms with van der Waals surface area (Å²) in [5, 5.41) is 6.72. The highest BCUT2D eigenvalue weighted by molar-refractivity contribution is 5.80. The van der Waals surface area contributed by atoms with E-state index in [4.69, 9.17) is 4.74 Å². The monoisotopic (exact) mass is 418 g/mol. The fourth-order valence-electron chi connectivity index (χ4n) is 3.52. The molecule has 0 aromatic heterocycles. The SMILES string of the molecule is CCNC(=NCc1ccccc1OC)NC1CCN(c2ccccc2OC(F)F)C1. The second-order valence-corrected chi connectivity index (χ2v) is 6.93. The van der Waals surface area contributed by atoms with Gasteiger partial charge in [-0.1, -0.05) is 30.3 Å². The predicted octanol–water partition coefficient (Wildman–Crippen LogP) is 3.63. The zero-order valence-electron chi connectivity index (χ0n) is 17.3. The molecule has 6 nitrogen and oxygen atoms in total. The topological polar surface area (TPSA) is 58.1 Å². The lowest BCUT2D eigenvalue weighted by molar-refractivity contribution is -0.0495. The van der Waals surface area contributed by atoms with E-state index in [9.17, 15) is 8.78 Å². The van der Waals surface area contributed by atoms with Gasteiger partial charge in [-0.25, -0.2) is 4.99 Å². The summed E-state index contributed by atoms with van der Waals surface area (Å²) in [5.41, 5.74) is 1.68. The molecule has 1 atom stereocenters. The molecule has 162 valence electrons. The first kappa shape index (κ1) is 21.7. The van der Waals surface area contributed by atoms with Crippen LogP contribution in [0.15, 0.2) is 53.5 Å². The number of guanidine groups is 1. The number of alkyl halides is 2. The van der Waals surface area contributed by atoms with Gasteiger partial charge in [0.15, 0.2) is 5.96 Å². The van der Waals surface area contributed by atoms with Gasteiger partial charge >= 0.3 is 6.61 Å². The van der Waals surface area contributed by atoms with Gasteiger partial charge in [0.25, 0.3) is 0 Å². The smallest absolute Gasteiger partial charge is 0.387 e. The van der Waals surface area contributed by atoms with Crippen molar-refractivity contribution >= 4 is 11.6 Å². The molecule has 1 heterocycles. The van der Waals surface area contributed by atoms with E-state index in [2.05, 4.69) is 25.3 Å². The Bertz CT molecular complexity index is 847. The van der Waals surface area contributed by atoms with Gasteiger partial charge in [0.1, 0.15) is 11.5 Å². The molecule has 0 bridgehead atoms. The quantitative estimate of drug-likeness (QED) is 0.507. The molecule has 0 amide bonds. The maximum absolute atomic E-state index is 12.7. The van der Waals surface area contributed by atoms with Crippen molar-refractivity contribution in [2.24, 2.45) is 4.99 Å². The number of para-hydroxylation sites is 3. The molecule has 0 aliphatic carbocycles. The van der Waals surface area contributed by atoms with E-state index in [0.29, 0.717) is 24.7 Å². The summed E-state index contributed by atoms with van der Waals surface area (Å²) in [4.78, 5) is 6.74. The van der Waals surface area contributed by atoms with Crippen LogP contribution in [0.2, 0.25) is 0 Å². The number of benzene rings is 2. The Balaban J connectivity index is 1.65. The zero-order valence-corrected chi connectivity index (χ0v) is 17.3. The normalized spacial score (nSPS) is 16.6. The zero-order chi connectivity index (χ0) is 21.3. The summed E-state index contributed by atoms with van der Waals surface area (Å²) >= 11 is 0. The lowest BCUT2D eigenvalue weighted by Crippen LogP contribution is -2.44. The van der Waals surface area contributed by atoms with Crippen molar-refractivity contribution < 1.29 is 18.3 Å². The van der Waals surface area contributed by atoms with Crippen molar-refractivity contribution in [2.75, 3.05) is 31.6 Å². The second-order valence-electron chi connectivity index (χ2n) is 6.93. The fourth-order valence-corrected chi connectivity index (χ4v) is 3.52. The second kappa shape index (κ2) is 10.7. The van der Waals surface area contributed by atoms with Crippen LogP contribution in [0, 0.1) is 0 Å². The van der Waals surface area contributed by atoms with Crippen LogP contribution in [-0.2, 0) is 6.54 Å². The van der Waals surface area contributed by atoms with E-state index >= 15 is 0 Å². The molecule has 2 aromatic rings. The lowest BCUT2D eigenvalue weighted by Gasteiger charge is -2.22. The van der Waals surface area contributed by atoms with Crippen molar-refractivity contribution in [1.82, 2.24) is 10.6 Å². The Hall–Kier alpha value is -3.03. The highest BCUT2D eigenvalue weighted by atomic mass is 19.3. The van der Waals surface area contributed by atoms with Gasteiger partial charge in [-0.05, 0) is 31.5 Å². The highest BCUT2D eigenvalue weighted by Gasteiger charge is 2.26. The van der Waals surface area contributed by atoms with Gasteiger partial charge in [-0.2, -0.15) is 8.78 Å². The Morgan fingerprint density at radius 3 is 2.63 bits per heavy atom. The van der Waals surface area contributed by atoms with Crippen LogP contribution in [0.5, 0.6) is 11.5 Å².